The topological polar surface area (TPSA) is 53.9 Å². The summed E-state index contributed by atoms with van der Waals surface area (Å²) >= 11 is 0. The van der Waals surface area contributed by atoms with Gasteiger partial charge in [0.15, 0.2) is 0 Å². The highest BCUT2D eigenvalue weighted by molar-refractivity contribution is 5.96. The van der Waals surface area contributed by atoms with Crippen molar-refractivity contribution in [3.63, 3.8) is 0 Å². The first kappa shape index (κ1) is 15.8. The zero-order valence-corrected chi connectivity index (χ0v) is 14.1. The Morgan fingerprint density at radius 1 is 1.30 bits per heavy atom. The molecule has 3 rings (SSSR count). The van der Waals surface area contributed by atoms with Crippen molar-refractivity contribution >= 4 is 11.9 Å². The summed E-state index contributed by atoms with van der Waals surface area (Å²) in [6.45, 7) is 9.49. The second-order valence-electron chi connectivity index (χ2n) is 7.49. The van der Waals surface area contributed by atoms with E-state index in [1.807, 2.05) is 37.3 Å². The fourth-order valence-electron chi connectivity index (χ4n) is 3.31. The largest absolute Gasteiger partial charge is 0.445 e. The van der Waals surface area contributed by atoms with Crippen molar-refractivity contribution in [3.8, 4) is 0 Å². The third-order valence-corrected chi connectivity index (χ3v) is 4.54. The number of ether oxygens (including phenoxy) is 1. The molecule has 124 valence electrons. The number of amidine groups is 1. The summed E-state index contributed by atoms with van der Waals surface area (Å²) in [6.07, 6.45) is 0.480. The van der Waals surface area contributed by atoms with Crippen LogP contribution < -0.4 is 5.32 Å². The van der Waals surface area contributed by atoms with Crippen LogP contribution in [0.4, 0.5) is 4.79 Å². The molecule has 1 aromatic rings. The van der Waals surface area contributed by atoms with Crippen molar-refractivity contribution in [1.82, 2.24) is 10.2 Å². The summed E-state index contributed by atoms with van der Waals surface area (Å²) in [7, 11) is 0. The van der Waals surface area contributed by atoms with Crippen LogP contribution >= 0.6 is 0 Å². The Balaban J connectivity index is 1.61. The number of hydrogen-bond acceptors (Lipinski definition) is 4. The van der Waals surface area contributed by atoms with Crippen molar-refractivity contribution in [3.05, 3.63) is 35.9 Å². The van der Waals surface area contributed by atoms with E-state index in [1.165, 1.54) is 0 Å². The van der Waals surface area contributed by atoms with Crippen LogP contribution in [-0.2, 0) is 11.3 Å². The molecule has 1 atom stereocenters. The molecular weight excluding hydrogens is 290 g/mol. The Kier molecular flexibility index (Phi) is 4.04. The van der Waals surface area contributed by atoms with Crippen LogP contribution in [0, 0.1) is 5.41 Å². The summed E-state index contributed by atoms with van der Waals surface area (Å²) in [4.78, 5) is 19.2. The Bertz CT molecular complexity index is 612. The van der Waals surface area contributed by atoms with Gasteiger partial charge in [0, 0.05) is 25.0 Å². The Morgan fingerprint density at radius 3 is 2.78 bits per heavy atom. The number of hydrogen-bond donors (Lipinski definition) is 1. The van der Waals surface area contributed by atoms with Gasteiger partial charge in [-0.25, -0.2) is 4.79 Å². The predicted molar refractivity (Wildman–Crippen MR) is 90.4 cm³/mol. The van der Waals surface area contributed by atoms with E-state index in [-0.39, 0.29) is 18.1 Å². The molecule has 0 saturated carbocycles. The molecule has 0 aromatic heterocycles. The van der Waals surface area contributed by atoms with E-state index in [0.717, 1.165) is 37.5 Å². The van der Waals surface area contributed by atoms with Crippen molar-refractivity contribution in [2.75, 3.05) is 19.6 Å². The molecule has 2 aliphatic rings. The molecule has 0 spiro atoms. The fourth-order valence-corrected chi connectivity index (χ4v) is 3.31. The van der Waals surface area contributed by atoms with Gasteiger partial charge in [-0.15, -0.1) is 0 Å². The Labute approximate surface area is 137 Å². The summed E-state index contributed by atoms with van der Waals surface area (Å²) in [5.41, 5.74) is 0.755. The van der Waals surface area contributed by atoms with Gasteiger partial charge in [-0.2, -0.15) is 0 Å². The number of aliphatic imine (C=N–C) groups is 1. The SMILES string of the molecule is CC1(C)CN=C2N(CC[C@@]2(C)NC(=O)OCc2ccccc2)C1. The number of rotatable bonds is 3. The van der Waals surface area contributed by atoms with Crippen LogP contribution in [0.2, 0.25) is 0 Å². The second-order valence-corrected chi connectivity index (χ2v) is 7.49. The maximum absolute atomic E-state index is 12.2. The average molecular weight is 315 g/mol. The summed E-state index contributed by atoms with van der Waals surface area (Å²) in [6, 6.07) is 9.70. The van der Waals surface area contributed by atoms with Crippen molar-refractivity contribution < 1.29 is 9.53 Å². The first-order valence-corrected chi connectivity index (χ1v) is 8.17. The lowest BCUT2D eigenvalue weighted by Gasteiger charge is -2.38. The van der Waals surface area contributed by atoms with E-state index in [2.05, 4.69) is 24.1 Å². The van der Waals surface area contributed by atoms with E-state index >= 15 is 0 Å². The lowest BCUT2D eigenvalue weighted by molar-refractivity contribution is 0.133. The molecule has 2 aliphatic heterocycles. The number of alkyl carbamates (subject to hydrolysis) is 1. The monoisotopic (exact) mass is 315 g/mol. The number of carbonyl (C=O) groups is 1. The van der Waals surface area contributed by atoms with Gasteiger partial charge in [-0.1, -0.05) is 44.2 Å². The van der Waals surface area contributed by atoms with Crippen LogP contribution in [-0.4, -0.2) is 42.0 Å². The van der Waals surface area contributed by atoms with Gasteiger partial charge in [0.05, 0.1) is 5.54 Å². The van der Waals surface area contributed by atoms with Gasteiger partial charge in [0.1, 0.15) is 12.4 Å². The van der Waals surface area contributed by atoms with Crippen molar-refractivity contribution in [1.29, 1.82) is 0 Å². The van der Waals surface area contributed by atoms with Gasteiger partial charge < -0.3 is 15.0 Å². The molecule has 1 saturated heterocycles. The van der Waals surface area contributed by atoms with Gasteiger partial charge in [0.2, 0.25) is 0 Å². The first-order chi connectivity index (χ1) is 10.9. The van der Waals surface area contributed by atoms with E-state index in [9.17, 15) is 4.79 Å². The van der Waals surface area contributed by atoms with E-state index in [0.29, 0.717) is 0 Å². The fraction of sp³-hybridized carbons (Fsp3) is 0.556. The number of benzene rings is 1. The third kappa shape index (κ3) is 3.49. The minimum absolute atomic E-state index is 0.197. The van der Waals surface area contributed by atoms with E-state index in [1.54, 1.807) is 0 Å². The predicted octanol–water partition coefficient (Wildman–Crippen LogP) is 2.82. The molecule has 1 amide bonds. The normalized spacial score (nSPS) is 25.5. The molecule has 1 fully saturated rings. The number of amides is 1. The molecule has 5 heteroatoms. The molecule has 0 bridgehead atoms. The lowest BCUT2D eigenvalue weighted by Crippen LogP contribution is -2.55. The molecule has 1 N–H and O–H groups in total. The van der Waals surface area contributed by atoms with Gasteiger partial charge >= 0.3 is 6.09 Å². The Hall–Kier alpha value is -2.04. The van der Waals surface area contributed by atoms with E-state index in [4.69, 9.17) is 9.73 Å². The molecular formula is C18H25N3O2. The summed E-state index contributed by atoms with van der Waals surface area (Å²) in [5, 5.41) is 3.02. The minimum Gasteiger partial charge on any atom is -0.445 e. The maximum Gasteiger partial charge on any atom is 0.408 e. The highest BCUT2D eigenvalue weighted by Gasteiger charge is 2.45. The highest BCUT2D eigenvalue weighted by atomic mass is 16.5. The second kappa shape index (κ2) is 5.87. The van der Waals surface area contributed by atoms with Crippen LogP contribution in [0.3, 0.4) is 0 Å². The van der Waals surface area contributed by atoms with Crippen LogP contribution in [0.25, 0.3) is 0 Å². The number of nitrogens with one attached hydrogen (secondary N) is 1. The average Bonchev–Trinajstić information content (AvgIpc) is 2.81. The molecule has 23 heavy (non-hydrogen) atoms. The first-order valence-electron chi connectivity index (χ1n) is 8.17. The molecule has 2 heterocycles. The van der Waals surface area contributed by atoms with Crippen LogP contribution in [0.1, 0.15) is 32.8 Å². The van der Waals surface area contributed by atoms with Gasteiger partial charge in [-0.3, -0.25) is 4.99 Å². The number of fused-ring (bicyclic) bond motifs is 1. The molecule has 0 radical (unpaired) electrons. The zero-order valence-electron chi connectivity index (χ0n) is 14.1. The molecule has 0 unspecified atom stereocenters. The third-order valence-electron chi connectivity index (χ3n) is 4.54. The maximum atomic E-state index is 12.2. The minimum atomic E-state index is -0.426. The molecule has 1 aromatic carbocycles. The molecule has 5 nitrogen and oxygen atoms in total. The summed E-state index contributed by atoms with van der Waals surface area (Å²) in [5.74, 6) is 0.994. The summed E-state index contributed by atoms with van der Waals surface area (Å²) < 4.78 is 5.35. The Morgan fingerprint density at radius 2 is 2.04 bits per heavy atom. The standard InChI is InChI=1S/C18H25N3O2/c1-17(2)12-19-15-18(3,9-10-21(15)13-17)20-16(22)23-11-14-7-5-4-6-8-14/h4-8H,9-13H2,1-3H3,(H,20,22)/t18-/m1/s1. The number of nitrogens with zero attached hydrogens (tertiary/aromatic N) is 2. The quantitative estimate of drug-likeness (QED) is 0.933. The smallest absolute Gasteiger partial charge is 0.408 e. The van der Waals surface area contributed by atoms with E-state index < -0.39 is 5.54 Å². The van der Waals surface area contributed by atoms with Gasteiger partial charge in [0.25, 0.3) is 0 Å². The molecule has 0 aliphatic carbocycles. The van der Waals surface area contributed by atoms with Crippen LogP contribution in [0.15, 0.2) is 35.3 Å². The highest BCUT2D eigenvalue weighted by Crippen LogP contribution is 2.32. The van der Waals surface area contributed by atoms with Crippen LogP contribution in [0.5, 0.6) is 0 Å². The zero-order chi connectivity index (χ0) is 16.5. The van der Waals surface area contributed by atoms with Crippen molar-refractivity contribution in [2.45, 2.75) is 39.3 Å². The lowest BCUT2D eigenvalue weighted by atomic mass is 9.90. The van der Waals surface area contributed by atoms with Gasteiger partial charge in [-0.05, 0) is 18.9 Å². The van der Waals surface area contributed by atoms with Crippen molar-refractivity contribution in [2.24, 2.45) is 10.4 Å². The number of carbonyl (C=O) groups excluding carboxylic acids is 1.